The van der Waals surface area contributed by atoms with Crippen LogP contribution in [-0.4, -0.2) is 80.3 Å². The number of halogens is 1. The van der Waals surface area contributed by atoms with Gasteiger partial charge in [-0.25, -0.2) is 33.0 Å². The van der Waals surface area contributed by atoms with Gasteiger partial charge >= 0.3 is 23.6 Å². The van der Waals surface area contributed by atoms with Gasteiger partial charge < -0.3 is 24.1 Å². The molecule has 18 heteroatoms. The summed E-state index contributed by atoms with van der Waals surface area (Å²) in [6.45, 7) is 4.05. The molecule has 3 N–H and O–H groups in total. The van der Waals surface area contributed by atoms with Crippen molar-refractivity contribution in [2.75, 3.05) is 19.2 Å². The van der Waals surface area contributed by atoms with Crippen molar-refractivity contribution in [3.8, 4) is 28.8 Å². The minimum absolute atomic E-state index is 0. The van der Waals surface area contributed by atoms with E-state index in [1.54, 1.807) is 49.7 Å². The van der Waals surface area contributed by atoms with E-state index in [2.05, 4.69) is 30.1 Å². The fourth-order valence-electron chi connectivity index (χ4n) is 5.21. The lowest BCUT2D eigenvalue weighted by Gasteiger charge is -2.16. The fraction of sp³-hybridized carbons (Fsp3) is 0.407. The minimum atomic E-state index is -2.13. The van der Waals surface area contributed by atoms with E-state index in [9.17, 15) is 23.0 Å². The number of carbonyl (C=O) groups is 2. The van der Waals surface area contributed by atoms with E-state index in [-0.39, 0.29) is 23.8 Å². The normalized spacial score (nSPS) is 13.0. The van der Waals surface area contributed by atoms with Gasteiger partial charge in [-0.2, -0.15) is 15.2 Å². The zero-order valence-electron chi connectivity index (χ0n) is 24.9. The Labute approximate surface area is 257 Å². The van der Waals surface area contributed by atoms with Gasteiger partial charge in [0.2, 0.25) is 17.1 Å². The number of hydrogen-bond donors (Lipinski definition) is 1. The van der Waals surface area contributed by atoms with Crippen LogP contribution in [0.1, 0.15) is 57.1 Å². The van der Waals surface area contributed by atoms with E-state index >= 15 is 0 Å². The van der Waals surface area contributed by atoms with Gasteiger partial charge in [0.1, 0.15) is 0 Å². The highest BCUT2D eigenvalue weighted by Gasteiger charge is 2.30. The number of carbonyl (C=O) groups excluding carboxylic acids is 2. The maximum Gasteiger partial charge on any atom is 0.359 e. The predicted molar refractivity (Wildman–Crippen MR) is 156 cm³/mol. The SMILES string of the molecule is CCOC(=O)c1nn(C)c2c1CCc1cnc(=O)[nH]c1-2.CCOC(=O)c1nn(C)c2c1CCc1cnc(OS(=O)CF)nc1-2.O. The molecule has 0 amide bonds. The van der Waals surface area contributed by atoms with Crippen molar-refractivity contribution in [1.29, 1.82) is 0 Å². The van der Waals surface area contributed by atoms with Crippen LogP contribution in [0.15, 0.2) is 17.2 Å². The molecule has 1 unspecified atom stereocenters. The number of alkyl halides is 1. The van der Waals surface area contributed by atoms with Crippen LogP contribution in [0, 0.1) is 0 Å². The molecule has 2 aliphatic carbocycles. The first-order valence-corrected chi connectivity index (χ1v) is 14.9. The number of esters is 2. The Hall–Kier alpha value is -4.84. The zero-order chi connectivity index (χ0) is 31.5. The summed E-state index contributed by atoms with van der Waals surface area (Å²) in [5.74, 6) is -0.911. The van der Waals surface area contributed by atoms with Crippen molar-refractivity contribution < 1.29 is 37.3 Å². The van der Waals surface area contributed by atoms with Crippen molar-refractivity contribution >= 4 is 23.0 Å². The third-order valence-corrected chi connectivity index (χ3v) is 7.48. The van der Waals surface area contributed by atoms with Crippen LogP contribution in [0.25, 0.3) is 22.8 Å². The summed E-state index contributed by atoms with van der Waals surface area (Å²) in [6, 6.07) is -1.33. The zero-order valence-corrected chi connectivity index (χ0v) is 25.7. The van der Waals surface area contributed by atoms with Crippen LogP contribution < -0.4 is 9.87 Å². The second-order valence-corrected chi connectivity index (χ2v) is 10.6. The number of hydrogen-bond acceptors (Lipinski definition) is 12. The molecule has 0 radical (unpaired) electrons. The monoisotopic (exact) mass is 646 g/mol. The first kappa shape index (κ1) is 33.1. The number of aryl methyl sites for hydroxylation is 4. The van der Waals surface area contributed by atoms with Gasteiger partial charge in [0.15, 0.2) is 11.4 Å². The van der Waals surface area contributed by atoms with Crippen molar-refractivity contribution in [3.05, 3.63) is 56.5 Å². The van der Waals surface area contributed by atoms with E-state index in [4.69, 9.17) is 13.7 Å². The number of aromatic amines is 1. The molecule has 0 aliphatic heterocycles. The summed E-state index contributed by atoms with van der Waals surface area (Å²) in [7, 11) is 3.44. The molecule has 4 heterocycles. The fourth-order valence-corrected chi connectivity index (χ4v) is 5.50. The lowest BCUT2D eigenvalue weighted by atomic mass is 9.93. The van der Waals surface area contributed by atoms with Gasteiger partial charge in [0.05, 0.1) is 36.0 Å². The number of ether oxygens (including phenoxy) is 2. The second kappa shape index (κ2) is 13.9. The van der Waals surface area contributed by atoms with Gasteiger partial charge in [0.25, 0.3) is 0 Å². The summed E-state index contributed by atoms with van der Waals surface area (Å²) in [6.07, 6.45) is 5.74. The Bertz CT molecular complexity index is 1840. The summed E-state index contributed by atoms with van der Waals surface area (Å²) in [4.78, 5) is 50.0. The number of aromatic nitrogens is 8. The Morgan fingerprint density at radius 3 is 2.07 bits per heavy atom. The topological polar surface area (TPSA) is 218 Å². The third kappa shape index (κ3) is 6.51. The van der Waals surface area contributed by atoms with Gasteiger partial charge in [-0.1, -0.05) is 0 Å². The summed E-state index contributed by atoms with van der Waals surface area (Å²) in [5, 5.41) is 8.48. The first-order chi connectivity index (χ1) is 21.2. The highest BCUT2D eigenvalue weighted by molar-refractivity contribution is 7.80. The maximum atomic E-state index is 12.3. The van der Waals surface area contributed by atoms with Crippen molar-refractivity contribution in [2.24, 2.45) is 14.1 Å². The lowest BCUT2D eigenvalue weighted by Crippen LogP contribution is -2.17. The molecule has 0 fully saturated rings. The Morgan fingerprint density at radius 2 is 1.47 bits per heavy atom. The van der Waals surface area contributed by atoms with E-state index in [0.29, 0.717) is 55.1 Å². The Balaban J connectivity index is 0.000000203. The van der Waals surface area contributed by atoms with E-state index in [1.165, 1.54) is 0 Å². The van der Waals surface area contributed by atoms with Crippen LogP contribution in [-0.2, 0) is 60.3 Å². The van der Waals surface area contributed by atoms with E-state index in [1.807, 2.05) is 0 Å². The smallest absolute Gasteiger partial charge is 0.359 e. The summed E-state index contributed by atoms with van der Waals surface area (Å²) < 4.78 is 41.5. The minimum Gasteiger partial charge on any atom is -0.461 e. The predicted octanol–water partition coefficient (Wildman–Crippen LogP) is 0.743. The molecule has 1 atom stereocenters. The van der Waals surface area contributed by atoms with Crippen LogP contribution in [0.4, 0.5) is 4.39 Å². The number of nitrogens with zero attached hydrogens (tertiary/aromatic N) is 7. The molecule has 0 spiro atoms. The second-order valence-electron chi connectivity index (χ2n) is 9.65. The molecule has 6 rings (SSSR count). The Morgan fingerprint density at radius 1 is 0.911 bits per heavy atom. The molecule has 0 aromatic carbocycles. The highest BCUT2D eigenvalue weighted by Crippen LogP contribution is 2.35. The van der Waals surface area contributed by atoms with Crippen molar-refractivity contribution in [1.82, 2.24) is 39.5 Å². The quantitative estimate of drug-likeness (QED) is 0.275. The van der Waals surface area contributed by atoms with Crippen molar-refractivity contribution in [2.45, 2.75) is 39.5 Å². The largest absolute Gasteiger partial charge is 0.461 e. The summed E-state index contributed by atoms with van der Waals surface area (Å²) in [5.41, 5.74) is 6.16. The number of fused-ring (bicyclic) bond motifs is 6. The molecule has 2 aliphatic rings. The number of H-pyrrole nitrogens is 1. The number of rotatable bonds is 7. The van der Waals surface area contributed by atoms with Crippen LogP contribution in [0.2, 0.25) is 0 Å². The molecular weight excluding hydrogens is 615 g/mol. The molecule has 0 saturated heterocycles. The van der Waals surface area contributed by atoms with Crippen LogP contribution >= 0.6 is 0 Å². The highest BCUT2D eigenvalue weighted by atomic mass is 32.2. The molecule has 4 aromatic heterocycles. The maximum absolute atomic E-state index is 12.3. The molecular formula is C27H31FN8O8S. The number of nitrogens with one attached hydrogen (secondary N) is 1. The van der Waals surface area contributed by atoms with Gasteiger partial charge in [-0.3, -0.25) is 9.36 Å². The van der Waals surface area contributed by atoms with Crippen LogP contribution in [0.5, 0.6) is 6.01 Å². The lowest BCUT2D eigenvalue weighted by molar-refractivity contribution is 0.0508. The molecule has 4 aromatic rings. The average molecular weight is 647 g/mol. The molecule has 16 nitrogen and oxygen atoms in total. The van der Waals surface area contributed by atoms with Gasteiger partial charge in [0, 0.05) is 37.6 Å². The first-order valence-electron chi connectivity index (χ1n) is 13.7. The molecule has 240 valence electrons. The Kier molecular flexibility index (Phi) is 10.2. The van der Waals surface area contributed by atoms with Gasteiger partial charge in [-0.05, 0) is 50.7 Å². The molecule has 45 heavy (non-hydrogen) atoms. The van der Waals surface area contributed by atoms with E-state index in [0.717, 1.165) is 27.9 Å². The standard InChI is InChI=1S/C14H15FN4O4S.C13H14N4O3.H2O/c1-3-22-13(20)11-9-5-4-8-6-16-14(23-24(21)7-15)17-10(8)12(9)19(2)18-11;1-3-20-12(18)10-8-5-4-7-6-14-13(19)15-9(7)11(8)17(2)16-10;/h6H,3-5,7H2,1-2H3;6H,3-5H2,1-2H3,(H,14,15,19);1H2. The molecule has 0 bridgehead atoms. The summed E-state index contributed by atoms with van der Waals surface area (Å²) >= 11 is -2.13. The van der Waals surface area contributed by atoms with Crippen LogP contribution in [0.3, 0.4) is 0 Å². The third-order valence-electron chi connectivity index (χ3n) is 6.97. The van der Waals surface area contributed by atoms with Gasteiger partial charge in [-0.15, -0.1) is 0 Å². The van der Waals surface area contributed by atoms with Crippen molar-refractivity contribution in [3.63, 3.8) is 0 Å². The van der Waals surface area contributed by atoms with E-state index < -0.39 is 34.7 Å². The molecule has 0 saturated carbocycles. The average Bonchev–Trinajstić information content (AvgIpc) is 3.54.